The van der Waals surface area contributed by atoms with E-state index in [4.69, 9.17) is 0 Å². The predicted octanol–water partition coefficient (Wildman–Crippen LogP) is 4.30. The molecule has 0 saturated carbocycles. The first-order chi connectivity index (χ1) is 9.20. The Hall–Kier alpha value is -1.81. The van der Waals surface area contributed by atoms with E-state index in [2.05, 4.69) is 23.0 Å². The Morgan fingerprint density at radius 2 is 2.11 bits per heavy atom. The van der Waals surface area contributed by atoms with Crippen molar-refractivity contribution in [2.45, 2.75) is 17.8 Å². The number of hydrogen-bond acceptors (Lipinski definition) is 2. The highest BCUT2D eigenvalue weighted by Crippen LogP contribution is 2.23. The molecule has 4 heteroatoms. The zero-order valence-corrected chi connectivity index (χ0v) is 11.3. The topological polar surface area (TPSA) is 28.7 Å². The lowest BCUT2D eigenvalue weighted by atomic mass is 10.2. The van der Waals surface area contributed by atoms with Gasteiger partial charge in [-0.05, 0) is 42.3 Å². The summed E-state index contributed by atoms with van der Waals surface area (Å²) in [6, 6.07) is 12.8. The third kappa shape index (κ3) is 2.79. The molecule has 0 unspecified atom stereocenters. The van der Waals surface area contributed by atoms with Gasteiger partial charge < -0.3 is 4.98 Å². The van der Waals surface area contributed by atoms with Gasteiger partial charge in [-0.25, -0.2) is 9.37 Å². The summed E-state index contributed by atoms with van der Waals surface area (Å²) in [5.74, 6) is 0.509. The maximum atomic E-state index is 13.1. The number of thioether (sulfide) groups is 1. The summed E-state index contributed by atoms with van der Waals surface area (Å²) in [5.41, 5.74) is 4.17. The van der Waals surface area contributed by atoms with E-state index in [1.54, 1.807) is 23.9 Å². The van der Waals surface area contributed by atoms with Crippen LogP contribution in [0, 0.1) is 12.7 Å². The minimum atomic E-state index is -0.196. The van der Waals surface area contributed by atoms with E-state index in [0.717, 1.165) is 21.8 Å². The molecule has 0 aliphatic rings. The number of imidazole rings is 1. The second kappa shape index (κ2) is 5.05. The van der Waals surface area contributed by atoms with Gasteiger partial charge in [0.2, 0.25) is 0 Å². The summed E-state index contributed by atoms with van der Waals surface area (Å²) in [6.45, 7) is 2.06. The van der Waals surface area contributed by atoms with Crippen LogP contribution >= 0.6 is 11.8 Å². The Morgan fingerprint density at radius 1 is 1.21 bits per heavy atom. The molecule has 3 rings (SSSR count). The van der Waals surface area contributed by atoms with Gasteiger partial charge >= 0.3 is 0 Å². The minimum Gasteiger partial charge on any atom is -0.333 e. The lowest BCUT2D eigenvalue weighted by molar-refractivity contribution is 0.626. The van der Waals surface area contributed by atoms with E-state index in [1.165, 1.54) is 11.6 Å². The first kappa shape index (κ1) is 12.2. The number of aromatic nitrogens is 2. The molecule has 0 bridgehead atoms. The molecule has 0 saturated heterocycles. The molecule has 96 valence electrons. The molecule has 0 atom stereocenters. The Morgan fingerprint density at radius 3 is 2.95 bits per heavy atom. The largest absolute Gasteiger partial charge is 0.333 e. The van der Waals surface area contributed by atoms with Gasteiger partial charge in [-0.3, -0.25) is 0 Å². The lowest BCUT2D eigenvalue weighted by Crippen LogP contribution is -1.83. The van der Waals surface area contributed by atoms with Crippen molar-refractivity contribution in [3.63, 3.8) is 0 Å². The summed E-state index contributed by atoms with van der Waals surface area (Å²) in [5, 5.41) is 0.866. The van der Waals surface area contributed by atoms with Gasteiger partial charge in [0, 0.05) is 5.75 Å². The summed E-state index contributed by atoms with van der Waals surface area (Å²) < 4.78 is 13.1. The fourth-order valence-corrected chi connectivity index (χ4v) is 2.77. The lowest BCUT2D eigenvalue weighted by Gasteiger charge is -1.98. The van der Waals surface area contributed by atoms with Gasteiger partial charge in [-0.1, -0.05) is 30.0 Å². The normalized spacial score (nSPS) is 11.1. The molecule has 0 aliphatic heterocycles. The van der Waals surface area contributed by atoms with Crippen LogP contribution in [0.3, 0.4) is 0 Å². The van der Waals surface area contributed by atoms with Gasteiger partial charge in [0.1, 0.15) is 5.82 Å². The van der Waals surface area contributed by atoms with Gasteiger partial charge in [-0.15, -0.1) is 0 Å². The number of hydrogen-bond donors (Lipinski definition) is 1. The van der Waals surface area contributed by atoms with Gasteiger partial charge in [0.25, 0.3) is 0 Å². The first-order valence-corrected chi connectivity index (χ1v) is 7.03. The van der Waals surface area contributed by atoms with Crippen molar-refractivity contribution >= 4 is 22.8 Å². The van der Waals surface area contributed by atoms with Crippen LogP contribution in [0.5, 0.6) is 0 Å². The van der Waals surface area contributed by atoms with Gasteiger partial charge in [0.05, 0.1) is 11.0 Å². The maximum Gasteiger partial charge on any atom is 0.166 e. The molecule has 2 nitrogen and oxygen atoms in total. The standard InChI is InChI=1S/C15H13FN2S/c1-10-5-6-13-14(7-10)18-15(17-13)19-9-11-3-2-4-12(16)8-11/h2-8H,9H2,1H3,(H,17,18). The zero-order chi connectivity index (χ0) is 13.2. The molecule has 0 spiro atoms. The molecule has 19 heavy (non-hydrogen) atoms. The Labute approximate surface area is 115 Å². The fraction of sp³-hybridized carbons (Fsp3) is 0.133. The van der Waals surface area contributed by atoms with Crippen LogP contribution in [0.2, 0.25) is 0 Å². The molecule has 1 heterocycles. The number of nitrogens with zero attached hydrogens (tertiary/aromatic N) is 1. The molecular weight excluding hydrogens is 259 g/mol. The highest BCUT2D eigenvalue weighted by Gasteiger charge is 2.04. The van der Waals surface area contributed by atoms with E-state index in [0.29, 0.717) is 5.75 Å². The molecule has 3 aromatic rings. The summed E-state index contributed by atoms with van der Waals surface area (Å²) >= 11 is 1.58. The van der Waals surface area contributed by atoms with Crippen molar-refractivity contribution in [1.82, 2.24) is 9.97 Å². The van der Waals surface area contributed by atoms with Crippen molar-refractivity contribution in [3.05, 3.63) is 59.4 Å². The molecule has 0 aliphatic carbocycles. The van der Waals surface area contributed by atoms with Crippen LogP contribution in [-0.4, -0.2) is 9.97 Å². The Balaban J connectivity index is 1.78. The predicted molar refractivity (Wildman–Crippen MR) is 76.8 cm³/mol. The molecule has 2 aromatic carbocycles. The molecule has 1 N–H and O–H groups in total. The van der Waals surface area contributed by atoms with Crippen molar-refractivity contribution in [2.24, 2.45) is 0 Å². The number of aryl methyl sites for hydroxylation is 1. The van der Waals surface area contributed by atoms with Crippen molar-refractivity contribution in [2.75, 3.05) is 0 Å². The molecular formula is C15H13FN2S. The van der Waals surface area contributed by atoms with E-state index in [9.17, 15) is 4.39 Å². The van der Waals surface area contributed by atoms with Crippen molar-refractivity contribution < 1.29 is 4.39 Å². The Kier molecular flexibility index (Phi) is 3.25. The maximum absolute atomic E-state index is 13.1. The van der Waals surface area contributed by atoms with E-state index >= 15 is 0 Å². The SMILES string of the molecule is Cc1ccc2nc(SCc3cccc(F)c3)[nH]c2c1. The van der Waals surface area contributed by atoms with Crippen LogP contribution in [0.25, 0.3) is 11.0 Å². The monoisotopic (exact) mass is 272 g/mol. The summed E-state index contributed by atoms with van der Waals surface area (Å²) in [6.07, 6.45) is 0. The number of benzene rings is 2. The number of fused-ring (bicyclic) bond motifs is 1. The van der Waals surface area contributed by atoms with Crippen LogP contribution in [-0.2, 0) is 5.75 Å². The smallest absolute Gasteiger partial charge is 0.166 e. The highest BCUT2D eigenvalue weighted by molar-refractivity contribution is 7.98. The summed E-state index contributed by atoms with van der Waals surface area (Å²) in [7, 11) is 0. The zero-order valence-electron chi connectivity index (χ0n) is 10.5. The van der Waals surface area contributed by atoms with E-state index in [1.807, 2.05) is 18.2 Å². The van der Waals surface area contributed by atoms with Crippen molar-refractivity contribution in [3.8, 4) is 0 Å². The second-order valence-corrected chi connectivity index (χ2v) is 5.45. The van der Waals surface area contributed by atoms with Crippen molar-refractivity contribution in [1.29, 1.82) is 0 Å². The number of nitrogens with one attached hydrogen (secondary N) is 1. The first-order valence-electron chi connectivity index (χ1n) is 6.04. The van der Waals surface area contributed by atoms with E-state index < -0.39 is 0 Å². The number of H-pyrrole nitrogens is 1. The molecule has 0 amide bonds. The van der Waals surface area contributed by atoms with Crippen LogP contribution < -0.4 is 0 Å². The highest BCUT2D eigenvalue weighted by atomic mass is 32.2. The third-order valence-electron chi connectivity index (χ3n) is 2.88. The number of aromatic amines is 1. The molecule has 0 radical (unpaired) electrons. The quantitative estimate of drug-likeness (QED) is 0.720. The Bertz CT molecular complexity index is 721. The molecule has 0 fully saturated rings. The average molecular weight is 272 g/mol. The third-order valence-corrected chi connectivity index (χ3v) is 3.82. The average Bonchev–Trinajstić information content (AvgIpc) is 2.78. The minimum absolute atomic E-state index is 0.196. The second-order valence-electron chi connectivity index (χ2n) is 4.48. The van der Waals surface area contributed by atoms with Crippen LogP contribution in [0.1, 0.15) is 11.1 Å². The van der Waals surface area contributed by atoms with Gasteiger partial charge in [0.15, 0.2) is 5.16 Å². The molecule has 1 aromatic heterocycles. The fourth-order valence-electron chi connectivity index (χ4n) is 1.95. The van der Waals surface area contributed by atoms with Crippen LogP contribution in [0.15, 0.2) is 47.6 Å². The number of rotatable bonds is 3. The van der Waals surface area contributed by atoms with Gasteiger partial charge in [-0.2, -0.15) is 0 Å². The van der Waals surface area contributed by atoms with E-state index in [-0.39, 0.29) is 5.82 Å². The van der Waals surface area contributed by atoms with Crippen LogP contribution in [0.4, 0.5) is 4.39 Å². The summed E-state index contributed by atoms with van der Waals surface area (Å²) in [4.78, 5) is 7.78. The number of halogens is 1.